The van der Waals surface area contributed by atoms with Gasteiger partial charge in [-0.25, -0.2) is 0 Å². The molecule has 0 heterocycles. The molecule has 0 aliphatic heterocycles. The highest BCUT2D eigenvalue weighted by Crippen LogP contribution is 2.25. The minimum atomic E-state index is 0.602. The van der Waals surface area contributed by atoms with E-state index in [1.54, 1.807) is 0 Å². The fourth-order valence-electron chi connectivity index (χ4n) is 1.83. The molecule has 0 radical (unpaired) electrons. The molecule has 0 aliphatic carbocycles. The first kappa shape index (κ1) is 27.7. The molecule has 0 amide bonds. The number of nitrogens with one attached hydrogen (secondary N) is 1. The van der Waals surface area contributed by atoms with Gasteiger partial charge in [0.15, 0.2) is 0 Å². The third kappa shape index (κ3) is 15.2. The van der Waals surface area contributed by atoms with E-state index >= 15 is 0 Å². The van der Waals surface area contributed by atoms with Crippen molar-refractivity contribution in [1.82, 2.24) is 10.2 Å². The van der Waals surface area contributed by atoms with Gasteiger partial charge in [-0.3, -0.25) is 5.21 Å². The summed E-state index contributed by atoms with van der Waals surface area (Å²) in [7, 11) is 6.13. The van der Waals surface area contributed by atoms with Crippen molar-refractivity contribution in [3.8, 4) is 0 Å². The minimum Gasteiger partial charge on any atom is -0.316 e. The first-order valence-corrected chi connectivity index (χ1v) is 10.4. The van der Waals surface area contributed by atoms with E-state index in [9.17, 15) is 5.21 Å². The molecule has 0 aromatic heterocycles. The van der Waals surface area contributed by atoms with E-state index < -0.39 is 0 Å². The Hall–Kier alpha value is -1.53. The molecule has 0 bridgehead atoms. The summed E-state index contributed by atoms with van der Waals surface area (Å²) in [5, 5.41) is 12.9. The first-order valence-electron chi connectivity index (χ1n) is 9.62. The maximum absolute atomic E-state index is 9.77. The highest BCUT2D eigenvalue weighted by Gasteiger charge is 2.03. The van der Waals surface area contributed by atoms with Crippen LogP contribution in [0.2, 0.25) is 0 Å². The number of nitrogens with zero attached hydrogens (tertiary/aromatic N) is 2. The van der Waals surface area contributed by atoms with Crippen molar-refractivity contribution >= 4 is 17.6 Å². The Morgan fingerprint density at radius 2 is 1.33 bits per heavy atom. The lowest BCUT2D eigenvalue weighted by Crippen LogP contribution is -2.33. The van der Waals surface area contributed by atoms with Gasteiger partial charge in [-0.1, -0.05) is 64.1 Å². The molecule has 5 heteroatoms. The van der Waals surface area contributed by atoms with Gasteiger partial charge in [0, 0.05) is 29.4 Å². The zero-order valence-corrected chi connectivity index (χ0v) is 19.1. The fourth-order valence-corrected chi connectivity index (χ4v) is 2.53. The lowest BCUT2D eigenvalue weighted by molar-refractivity contribution is 0.332. The summed E-state index contributed by atoms with van der Waals surface area (Å²) in [6, 6.07) is 19.8. The van der Waals surface area contributed by atoms with Gasteiger partial charge in [0.1, 0.15) is 0 Å². The van der Waals surface area contributed by atoms with Gasteiger partial charge in [-0.2, -0.15) is 4.47 Å². The predicted molar refractivity (Wildman–Crippen MR) is 123 cm³/mol. The van der Waals surface area contributed by atoms with E-state index in [1.807, 2.05) is 95.4 Å². The van der Waals surface area contributed by atoms with Crippen LogP contribution in [0.1, 0.15) is 34.6 Å². The van der Waals surface area contributed by atoms with Gasteiger partial charge in [-0.15, -0.1) is 0 Å². The predicted octanol–water partition coefficient (Wildman–Crippen LogP) is 5.80. The fraction of sp³-hybridized carbons (Fsp3) is 0.455. The molecule has 2 rings (SSSR count). The minimum absolute atomic E-state index is 0.602. The van der Waals surface area contributed by atoms with Gasteiger partial charge >= 0.3 is 0 Å². The van der Waals surface area contributed by atoms with Gasteiger partial charge in [0.05, 0.1) is 5.69 Å². The van der Waals surface area contributed by atoms with Crippen LogP contribution in [0.5, 0.6) is 0 Å². The van der Waals surface area contributed by atoms with Crippen LogP contribution in [-0.2, 0) is 0 Å². The molecule has 2 N–H and O–H groups in total. The van der Waals surface area contributed by atoms with Crippen LogP contribution in [0.4, 0.5) is 5.69 Å². The van der Waals surface area contributed by atoms with Crippen molar-refractivity contribution in [2.24, 2.45) is 0 Å². The molecule has 1 unspecified atom stereocenters. The highest BCUT2D eigenvalue weighted by atomic mass is 32.2. The second-order valence-electron chi connectivity index (χ2n) is 5.46. The second kappa shape index (κ2) is 19.2. The Kier molecular flexibility index (Phi) is 19.7. The molecule has 0 aliphatic rings. The maximum atomic E-state index is 9.77. The van der Waals surface area contributed by atoms with E-state index in [0.717, 1.165) is 21.6 Å². The summed E-state index contributed by atoms with van der Waals surface area (Å²) in [5.74, 6) is 0. The van der Waals surface area contributed by atoms with Gasteiger partial charge in [0.2, 0.25) is 0 Å². The number of anilines is 1. The Labute approximate surface area is 171 Å². The molecule has 1 atom stereocenters. The zero-order valence-electron chi connectivity index (χ0n) is 18.3. The van der Waals surface area contributed by atoms with Crippen molar-refractivity contribution < 1.29 is 5.21 Å². The molecule has 0 fully saturated rings. The van der Waals surface area contributed by atoms with Crippen molar-refractivity contribution in [3.05, 3.63) is 60.7 Å². The zero-order chi connectivity index (χ0) is 21.1. The quantitative estimate of drug-likeness (QED) is 0.479. The molecular weight excluding hydrogens is 354 g/mol. The molecule has 4 nitrogen and oxygen atoms in total. The summed E-state index contributed by atoms with van der Waals surface area (Å²) in [4.78, 5) is 3.17. The van der Waals surface area contributed by atoms with Gasteiger partial charge in [0.25, 0.3) is 0 Å². The summed E-state index contributed by atoms with van der Waals surface area (Å²) >= 11 is 1.29. The molecular formula is C22H39N3OS. The number of hydrogen-bond acceptors (Lipinski definition) is 5. The number of likely N-dealkylation sites (N-methyl/N-ethyl adjacent to an activating group) is 2. The molecule has 0 spiro atoms. The molecule has 0 saturated heterocycles. The van der Waals surface area contributed by atoms with Crippen molar-refractivity contribution in [2.75, 3.05) is 32.2 Å². The first-order chi connectivity index (χ1) is 13.0. The monoisotopic (exact) mass is 393 g/mol. The van der Waals surface area contributed by atoms with Gasteiger partial charge < -0.3 is 10.2 Å². The standard InChI is InChI=1S/C12H11NOS.C6H16N2.2C2H6/c14-13(11-7-3-1-4-8-11)15-12-9-5-2-6-10-12;1-6(7-2)5-8(3)4;2*1-2/h1-10,14H;6-7H,5H2,1-4H3;2*1-2H3. The Morgan fingerprint density at radius 3 is 1.70 bits per heavy atom. The second-order valence-corrected chi connectivity index (χ2v) is 6.46. The smallest absolute Gasteiger partial charge is 0.0768 e. The highest BCUT2D eigenvalue weighted by molar-refractivity contribution is 8.00. The lowest BCUT2D eigenvalue weighted by Gasteiger charge is -2.15. The molecule has 0 saturated carbocycles. The largest absolute Gasteiger partial charge is 0.316 e. The van der Waals surface area contributed by atoms with Crippen LogP contribution in [0.25, 0.3) is 0 Å². The molecule has 27 heavy (non-hydrogen) atoms. The Morgan fingerprint density at radius 1 is 0.889 bits per heavy atom. The Bertz CT molecular complexity index is 524. The number of hydrogen-bond donors (Lipinski definition) is 2. The van der Waals surface area contributed by atoms with Crippen LogP contribution in [-0.4, -0.2) is 43.8 Å². The van der Waals surface area contributed by atoms with Crippen LogP contribution in [0.3, 0.4) is 0 Å². The summed E-state index contributed by atoms with van der Waals surface area (Å²) in [6.45, 7) is 11.3. The summed E-state index contributed by atoms with van der Waals surface area (Å²) in [5.41, 5.74) is 0.770. The average Bonchev–Trinajstić information content (AvgIpc) is 2.72. The lowest BCUT2D eigenvalue weighted by atomic mass is 10.3. The maximum Gasteiger partial charge on any atom is 0.0768 e. The van der Waals surface area contributed by atoms with Crippen LogP contribution in [0, 0.1) is 0 Å². The van der Waals surface area contributed by atoms with E-state index in [1.165, 1.54) is 11.9 Å². The van der Waals surface area contributed by atoms with Crippen LogP contribution in [0.15, 0.2) is 65.6 Å². The number of para-hydroxylation sites is 1. The Balaban J connectivity index is 0. The van der Waals surface area contributed by atoms with Crippen molar-refractivity contribution in [2.45, 2.75) is 45.6 Å². The third-order valence-electron chi connectivity index (χ3n) is 3.04. The topological polar surface area (TPSA) is 38.7 Å². The molecule has 154 valence electrons. The molecule has 2 aromatic carbocycles. The normalized spacial score (nSPS) is 10.3. The molecule has 2 aromatic rings. The number of benzene rings is 2. The van der Waals surface area contributed by atoms with Crippen LogP contribution >= 0.6 is 11.9 Å². The summed E-state index contributed by atoms with van der Waals surface area (Å²) in [6.07, 6.45) is 0. The van der Waals surface area contributed by atoms with E-state index in [4.69, 9.17) is 0 Å². The van der Waals surface area contributed by atoms with Crippen molar-refractivity contribution in [3.63, 3.8) is 0 Å². The van der Waals surface area contributed by atoms with E-state index in [0.29, 0.717) is 6.04 Å². The van der Waals surface area contributed by atoms with E-state index in [-0.39, 0.29) is 0 Å². The average molecular weight is 394 g/mol. The van der Waals surface area contributed by atoms with E-state index in [2.05, 4.69) is 31.2 Å². The van der Waals surface area contributed by atoms with Crippen LogP contribution < -0.4 is 9.79 Å². The SMILES string of the molecule is CC.CC.CNC(C)CN(C)C.ON(Sc1ccccc1)c1ccccc1. The summed E-state index contributed by atoms with van der Waals surface area (Å²) < 4.78 is 1.16. The van der Waals surface area contributed by atoms with Crippen molar-refractivity contribution in [1.29, 1.82) is 0 Å². The number of rotatable bonds is 6. The third-order valence-corrected chi connectivity index (χ3v) is 3.91. The van der Waals surface area contributed by atoms with Gasteiger partial charge in [-0.05, 0) is 52.3 Å².